The molecule has 94 valence electrons. The molecule has 0 spiro atoms. The summed E-state index contributed by atoms with van der Waals surface area (Å²) in [5, 5.41) is 7.16. The summed E-state index contributed by atoms with van der Waals surface area (Å²) in [4.78, 5) is 16.1. The van der Waals surface area contributed by atoms with E-state index >= 15 is 0 Å². The summed E-state index contributed by atoms with van der Waals surface area (Å²) < 4.78 is 1.91. The zero-order valence-electron chi connectivity index (χ0n) is 10.4. The maximum Gasteiger partial charge on any atom is 0.223 e. The van der Waals surface area contributed by atoms with Crippen molar-refractivity contribution in [2.24, 2.45) is 5.92 Å². The van der Waals surface area contributed by atoms with Crippen LogP contribution in [-0.2, 0) is 17.8 Å². The first-order valence-corrected chi connectivity index (χ1v) is 6.45. The fourth-order valence-electron chi connectivity index (χ4n) is 2.26. The zero-order chi connectivity index (χ0) is 12.1. The minimum Gasteiger partial charge on any atom is -0.356 e. The van der Waals surface area contributed by atoms with Crippen LogP contribution >= 0.6 is 0 Å². The fourth-order valence-corrected chi connectivity index (χ4v) is 2.26. The van der Waals surface area contributed by atoms with Crippen LogP contribution in [0.4, 0.5) is 0 Å². The summed E-state index contributed by atoms with van der Waals surface area (Å²) in [6.45, 7) is 3.81. The summed E-state index contributed by atoms with van der Waals surface area (Å²) in [7, 11) is 0. The van der Waals surface area contributed by atoms with Gasteiger partial charge in [0.15, 0.2) is 0 Å². The Morgan fingerprint density at radius 3 is 3.24 bits per heavy atom. The largest absolute Gasteiger partial charge is 0.356 e. The second kappa shape index (κ2) is 5.80. The molecule has 0 aromatic carbocycles. The third-order valence-electron chi connectivity index (χ3n) is 3.21. The van der Waals surface area contributed by atoms with Gasteiger partial charge >= 0.3 is 0 Å². The molecular formula is C12H20N4O. The minimum atomic E-state index is 0.0670. The first-order chi connectivity index (χ1) is 8.31. The van der Waals surface area contributed by atoms with E-state index in [9.17, 15) is 4.79 Å². The number of aryl methyl sites for hydroxylation is 1. The summed E-state index contributed by atoms with van der Waals surface area (Å²) in [5.41, 5.74) is 0. The molecule has 5 heteroatoms. The van der Waals surface area contributed by atoms with Crippen molar-refractivity contribution in [2.75, 3.05) is 6.54 Å². The molecule has 0 aliphatic carbocycles. The van der Waals surface area contributed by atoms with Gasteiger partial charge in [0.2, 0.25) is 5.91 Å². The molecule has 5 nitrogen and oxygen atoms in total. The number of nitrogens with one attached hydrogen (secondary N) is 1. The molecule has 0 saturated carbocycles. The van der Waals surface area contributed by atoms with Gasteiger partial charge < -0.3 is 5.32 Å². The molecule has 1 aromatic heterocycles. The molecule has 1 aromatic rings. The molecule has 1 N–H and O–H groups in total. The van der Waals surface area contributed by atoms with Gasteiger partial charge in [0.05, 0.1) is 0 Å². The SMILES string of the molecule is CCCn1ncnc1CC1CCCCNC1=O. The van der Waals surface area contributed by atoms with Crippen molar-refractivity contribution < 1.29 is 4.79 Å². The Bertz CT molecular complexity index is 374. The minimum absolute atomic E-state index is 0.0670. The molecule has 1 saturated heterocycles. The van der Waals surface area contributed by atoms with Gasteiger partial charge in [-0.2, -0.15) is 5.10 Å². The third-order valence-corrected chi connectivity index (χ3v) is 3.21. The average Bonchev–Trinajstić information content (AvgIpc) is 2.64. The van der Waals surface area contributed by atoms with Crippen molar-refractivity contribution in [1.29, 1.82) is 0 Å². The van der Waals surface area contributed by atoms with Crippen LogP contribution < -0.4 is 5.32 Å². The predicted octanol–water partition coefficient (Wildman–Crippen LogP) is 1.15. The second-order valence-electron chi connectivity index (χ2n) is 4.59. The van der Waals surface area contributed by atoms with Crippen molar-refractivity contribution in [3.63, 3.8) is 0 Å². The molecule has 2 rings (SSSR count). The number of hydrogen-bond donors (Lipinski definition) is 1. The van der Waals surface area contributed by atoms with Gasteiger partial charge in [-0.1, -0.05) is 13.3 Å². The van der Waals surface area contributed by atoms with Gasteiger partial charge in [-0.05, 0) is 19.3 Å². The van der Waals surface area contributed by atoms with Gasteiger partial charge in [0.25, 0.3) is 0 Å². The lowest BCUT2D eigenvalue weighted by atomic mass is 9.98. The van der Waals surface area contributed by atoms with E-state index in [0.29, 0.717) is 6.42 Å². The second-order valence-corrected chi connectivity index (χ2v) is 4.59. The van der Waals surface area contributed by atoms with E-state index in [1.54, 1.807) is 6.33 Å². The van der Waals surface area contributed by atoms with Crippen LogP contribution in [0.1, 0.15) is 38.4 Å². The van der Waals surface area contributed by atoms with Gasteiger partial charge in [-0.15, -0.1) is 0 Å². The van der Waals surface area contributed by atoms with E-state index in [4.69, 9.17) is 0 Å². The van der Waals surface area contributed by atoms with Crippen LogP contribution in [0.2, 0.25) is 0 Å². The van der Waals surface area contributed by atoms with Crippen molar-refractivity contribution in [3.05, 3.63) is 12.2 Å². The zero-order valence-corrected chi connectivity index (χ0v) is 10.4. The number of hydrogen-bond acceptors (Lipinski definition) is 3. The molecule has 1 amide bonds. The lowest BCUT2D eigenvalue weighted by molar-refractivity contribution is -0.124. The number of carbonyl (C=O) groups excluding carboxylic acids is 1. The standard InChI is InChI=1S/C12H20N4O/c1-2-7-16-11(14-9-15-16)8-10-5-3-4-6-13-12(10)17/h9-10H,2-8H2,1H3,(H,13,17). The molecule has 1 unspecified atom stereocenters. The smallest absolute Gasteiger partial charge is 0.223 e. The van der Waals surface area contributed by atoms with E-state index in [1.165, 1.54) is 0 Å². The third kappa shape index (κ3) is 3.05. The Morgan fingerprint density at radius 2 is 2.41 bits per heavy atom. The number of amides is 1. The molecule has 1 atom stereocenters. The fraction of sp³-hybridized carbons (Fsp3) is 0.750. The average molecular weight is 236 g/mol. The van der Waals surface area contributed by atoms with Crippen LogP contribution in [-0.4, -0.2) is 27.2 Å². The number of nitrogens with zero attached hydrogens (tertiary/aromatic N) is 3. The van der Waals surface area contributed by atoms with E-state index < -0.39 is 0 Å². The lowest BCUT2D eigenvalue weighted by Gasteiger charge is -2.12. The quantitative estimate of drug-likeness (QED) is 0.853. The highest BCUT2D eigenvalue weighted by molar-refractivity contribution is 5.79. The van der Waals surface area contributed by atoms with Crippen molar-refractivity contribution in [1.82, 2.24) is 20.1 Å². The van der Waals surface area contributed by atoms with Gasteiger partial charge in [-0.3, -0.25) is 9.48 Å². The van der Waals surface area contributed by atoms with Crippen LogP contribution in [0.15, 0.2) is 6.33 Å². The number of rotatable bonds is 4. The Kier molecular flexibility index (Phi) is 4.12. The molecule has 0 radical (unpaired) electrons. The Labute approximate surface area is 102 Å². The Balaban J connectivity index is 2.02. The summed E-state index contributed by atoms with van der Waals surface area (Å²) in [6, 6.07) is 0. The Hall–Kier alpha value is -1.39. The lowest BCUT2D eigenvalue weighted by Crippen LogP contribution is -2.30. The summed E-state index contributed by atoms with van der Waals surface area (Å²) in [5.74, 6) is 1.18. The highest BCUT2D eigenvalue weighted by Gasteiger charge is 2.22. The maximum atomic E-state index is 11.8. The molecule has 0 bridgehead atoms. The molecule has 1 aliphatic rings. The summed E-state index contributed by atoms with van der Waals surface area (Å²) >= 11 is 0. The normalized spacial score (nSPS) is 21.0. The van der Waals surface area contributed by atoms with Gasteiger partial charge in [0, 0.05) is 25.4 Å². The van der Waals surface area contributed by atoms with Gasteiger partial charge in [0.1, 0.15) is 12.2 Å². The molecule has 2 heterocycles. The monoisotopic (exact) mass is 236 g/mol. The number of aromatic nitrogens is 3. The topological polar surface area (TPSA) is 59.8 Å². The van der Waals surface area contributed by atoms with Gasteiger partial charge in [-0.25, -0.2) is 4.98 Å². The van der Waals surface area contributed by atoms with E-state index in [-0.39, 0.29) is 11.8 Å². The van der Waals surface area contributed by atoms with E-state index in [1.807, 2.05) is 4.68 Å². The molecule has 1 fully saturated rings. The van der Waals surface area contributed by atoms with Crippen molar-refractivity contribution in [3.8, 4) is 0 Å². The highest BCUT2D eigenvalue weighted by Crippen LogP contribution is 2.16. The maximum absolute atomic E-state index is 11.8. The number of carbonyl (C=O) groups is 1. The first-order valence-electron chi connectivity index (χ1n) is 6.45. The first kappa shape index (κ1) is 12.1. The van der Waals surface area contributed by atoms with Crippen LogP contribution in [0.25, 0.3) is 0 Å². The van der Waals surface area contributed by atoms with Crippen LogP contribution in [0, 0.1) is 5.92 Å². The summed E-state index contributed by atoms with van der Waals surface area (Å²) in [6.07, 6.45) is 6.50. The van der Waals surface area contributed by atoms with Crippen LogP contribution in [0.3, 0.4) is 0 Å². The van der Waals surface area contributed by atoms with E-state index in [2.05, 4.69) is 22.3 Å². The predicted molar refractivity (Wildman–Crippen MR) is 64.4 cm³/mol. The molecule has 17 heavy (non-hydrogen) atoms. The van der Waals surface area contributed by atoms with Crippen molar-refractivity contribution in [2.45, 2.75) is 45.6 Å². The molecular weight excluding hydrogens is 216 g/mol. The molecule has 1 aliphatic heterocycles. The van der Waals surface area contributed by atoms with Crippen molar-refractivity contribution >= 4 is 5.91 Å². The Morgan fingerprint density at radius 1 is 1.53 bits per heavy atom. The van der Waals surface area contributed by atoms with E-state index in [0.717, 1.165) is 44.6 Å². The highest BCUT2D eigenvalue weighted by atomic mass is 16.1. The van der Waals surface area contributed by atoms with Crippen LogP contribution in [0.5, 0.6) is 0 Å².